The zero-order valence-electron chi connectivity index (χ0n) is 12.7. The van der Waals surface area contributed by atoms with E-state index in [4.69, 9.17) is 0 Å². The topological polar surface area (TPSA) is 49.4 Å². The van der Waals surface area contributed by atoms with Crippen molar-refractivity contribution >= 4 is 11.8 Å². The lowest BCUT2D eigenvalue weighted by molar-refractivity contribution is -0.135. The standard InChI is InChI=1S/C15H28N2O2/c1-5-13-15(19)17(10-9-14(18)16-13)12(4)8-6-7-11(2)3/h11-13H,5-10H2,1-4H3,(H,16,18). The van der Waals surface area contributed by atoms with Crippen molar-refractivity contribution in [3.8, 4) is 0 Å². The van der Waals surface area contributed by atoms with Crippen LogP contribution in [0.4, 0.5) is 0 Å². The Morgan fingerprint density at radius 3 is 2.53 bits per heavy atom. The highest BCUT2D eigenvalue weighted by atomic mass is 16.2. The second-order valence-electron chi connectivity index (χ2n) is 5.98. The fraction of sp³-hybridized carbons (Fsp3) is 0.867. The van der Waals surface area contributed by atoms with Crippen LogP contribution in [0, 0.1) is 5.92 Å². The number of hydrogen-bond donors (Lipinski definition) is 1. The van der Waals surface area contributed by atoms with Gasteiger partial charge < -0.3 is 10.2 Å². The zero-order valence-corrected chi connectivity index (χ0v) is 12.7. The van der Waals surface area contributed by atoms with Gasteiger partial charge in [-0.2, -0.15) is 0 Å². The van der Waals surface area contributed by atoms with E-state index in [1.54, 1.807) is 0 Å². The second-order valence-corrected chi connectivity index (χ2v) is 5.98. The smallest absolute Gasteiger partial charge is 0.245 e. The van der Waals surface area contributed by atoms with Gasteiger partial charge >= 0.3 is 0 Å². The minimum Gasteiger partial charge on any atom is -0.344 e. The SMILES string of the molecule is CCC1NC(=O)CCN(C(C)CCCC(C)C)C1=O. The van der Waals surface area contributed by atoms with Crippen molar-refractivity contribution in [2.45, 2.75) is 71.9 Å². The first-order chi connectivity index (χ1) is 8.95. The van der Waals surface area contributed by atoms with Crippen molar-refractivity contribution in [2.75, 3.05) is 6.54 Å². The summed E-state index contributed by atoms with van der Waals surface area (Å²) in [5, 5.41) is 2.81. The van der Waals surface area contributed by atoms with Crippen molar-refractivity contribution in [2.24, 2.45) is 5.92 Å². The Kier molecular flexibility index (Phi) is 6.32. The molecule has 1 fully saturated rings. The molecule has 0 radical (unpaired) electrons. The van der Waals surface area contributed by atoms with Crippen LogP contribution in [0.3, 0.4) is 0 Å². The maximum atomic E-state index is 12.4. The normalized spacial score (nSPS) is 22.4. The van der Waals surface area contributed by atoms with E-state index in [9.17, 15) is 9.59 Å². The van der Waals surface area contributed by atoms with Crippen LogP contribution in [0.25, 0.3) is 0 Å². The molecule has 110 valence electrons. The van der Waals surface area contributed by atoms with Crippen molar-refractivity contribution in [1.29, 1.82) is 0 Å². The van der Waals surface area contributed by atoms with E-state index in [0.717, 1.165) is 12.8 Å². The molecule has 0 aliphatic carbocycles. The van der Waals surface area contributed by atoms with Gasteiger partial charge in [0.1, 0.15) is 6.04 Å². The molecule has 4 heteroatoms. The average Bonchev–Trinajstić information content (AvgIpc) is 2.48. The highest BCUT2D eigenvalue weighted by Gasteiger charge is 2.30. The summed E-state index contributed by atoms with van der Waals surface area (Å²) in [6, 6.07) is -0.101. The fourth-order valence-corrected chi connectivity index (χ4v) is 2.55. The zero-order chi connectivity index (χ0) is 14.4. The summed E-state index contributed by atoms with van der Waals surface area (Å²) < 4.78 is 0. The van der Waals surface area contributed by atoms with E-state index in [2.05, 4.69) is 26.1 Å². The van der Waals surface area contributed by atoms with Gasteiger partial charge in [-0.15, -0.1) is 0 Å². The van der Waals surface area contributed by atoms with Crippen LogP contribution >= 0.6 is 0 Å². The summed E-state index contributed by atoms with van der Waals surface area (Å²) in [5.41, 5.74) is 0. The van der Waals surface area contributed by atoms with Crippen molar-refractivity contribution < 1.29 is 9.59 Å². The molecule has 0 spiro atoms. The molecule has 19 heavy (non-hydrogen) atoms. The first kappa shape index (κ1) is 16.0. The molecule has 0 aromatic rings. The fourth-order valence-electron chi connectivity index (χ4n) is 2.55. The maximum Gasteiger partial charge on any atom is 0.245 e. The van der Waals surface area contributed by atoms with E-state index < -0.39 is 0 Å². The highest BCUT2D eigenvalue weighted by Crippen LogP contribution is 2.16. The Bertz CT molecular complexity index is 315. The highest BCUT2D eigenvalue weighted by molar-refractivity contribution is 5.90. The molecular weight excluding hydrogens is 240 g/mol. The van der Waals surface area contributed by atoms with Gasteiger partial charge in [-0.25, -0.2) is 0 Å². The van der Waals surface area contributed by atoms with Gasteiger partial charge in [0.15, 0.2) is 0 Å². The van der Waals surface area contributed by atoms with Crippen molar-refractivity contribution in [1.82, 2.24) is 10.2 Å². The van der Waals surface area contributed by atoms with E-state index in [0.29, 0.717) is 25.3 Å². The van der Waals surface area contributed by atoms with E-state index in [-0.39, 0.29) is 23.9 Å². The Morgan fingerprint density at radius 2 is 1.95 bits per heavy atom. The number of nitrogens with zero attached hydrogens (tertiary/aromatic N) is 1. The summed E-state index contributed by atoms with van der Waals surface area (Å²) in [6.45, 7) is 9.04. The number of amides is 2. The molecule has 0 aromatic carbocycles. The monoisotopic (exact) mass is 268 g/mol. The summed E-state index contributed by atoms with van der Waals surface area (Å²) in [4.78, 5) is 25.8. The third kappa shape index (κ3) is 4.84. The molecule has 2 amide bonds. The molecular formula is C15H28N2O2. The molecule has 1 heterocycles. The van der Waals surface area contributed by atoms with Crippen LogP contribution in [0.2, 0.25) is 0 Å². The summed E-state index contributed by atoms with van der Waals surface area (Å²) in [7, 11) is 0. The molecule has 4 nitrogen and oxygen atoms in total. The lowest BCUT2D eigenvalue weighted by Gasteiger charge is -2.30. The third-order valence-electron chi connectivity index (χ3n) is 3.84. The Labute approximate surface area is 116 Å². The molecule has 2 unspecified atom stereocenters. The predicted octanol–water partition coefficient (Wildman–Crippen LogP) is 2.33. The van der Waals surface area contributed by atoms with Gasteiger partial charge in [0, 0.05) is 19.0 Å². The van der Waals surface area contributed by atoms with Crippen molar-refractivity contribution in [3.63, 3.8) is 0 Å². The molecule has 1 saturated heterocycles. The molecule has 1 N–H and O–H groups in total. The summed E-state index contributed by atoms with van der Waals surface area (Å²) in [5.74, 6) is 0.793. The van der Waals surface area contributed by atoms with E-state index in [1.807, 2.05) is 11.8 Å². The number of nitrogens with one attached hydrogen (secondary N) is 1. The molecule has 1 aliphatic rings. The first-order valence-electron chi connectivity index (χ1n) is 7.55. The molecule has 0 bridgehead atoms. The Hall–Kier alpha value is -1.06. The number of hydrogen-bond acceptors (Lipinski definition) is 2. The van der Waals surface area contributed by atoms with Gasteiger partial charge in [-0.1, -0.05) is 33.6 Å². The van der Waals surface area contributed by atoms with Crippen LogP contribution in [-0.4, -0.2) is 35.3 Å². The van der Waals surface area contributed by atoms with Crippen LogP contribution in [-0.2, 0) is 9.59 Å². The quantitative estimate of drug-likeness (QED) is 0.803. The third-order valence-corrected chi connectivity index (χ3v) is 3.84. The predicted molar refractivity (Wildman–Crippen MR) is 76.7 cm³/mol. The van der Waals surface area contributed by atoms with Gasteiger partial charge in [0.25, 0.3) is 0 Å². The van der Waals surface area contributed by atoms with Gasteiger partial charge in [0.2, 0.25) is 11.8 Å². The molecule has 1 aliphatic heterocycles. The van der Waals surface area contributed by atoms with Gasteiger partial charge in [0.05, 0.1) is 0 Å². The van der Waals surface area contributed by atoms with E-state index >= 15 is 0 Å². The lowest BCUT2D eigenvalue weighted by atomic mass is 10.0. The number of carbonyl (C=O) groups is 2. The number of rotatable bonds is 6. The van der Waals surface area contributed by atoms with E-state index in [1.165, 1.54) is 6.42 Å². The maximum absolute atomic E-state index is 12.4. The first-order valence-corrected chi connectivity index (χ1v) is 7.55. The lowest BCUT2D eigenvalue weighted by Crippen LogP contribution is -2.47. The average molecular weight is 268 g/mol. The van der Waals surface area contributed by atoms with Crippen molar-refractivity contribution in [3.05, 3.63) is 0 Å². The molecule has 0 saturated carbocycles. The minimum atomic E-state index is -0.331. The van der Waals surface area contributed by atoms with Gasteiger partial charge in [-0.3, -0.25) is 9.59 Å². The van der Waals surface area contributed by atoms with Crippen LogP contribution in [0.15, 0.2) is 0 Å². The molecule has 0 aromatic heterocycles. The van der Waals surface area contributed by atoms with Crippen LogP contribution in [0.1, 0.15) is 59.8 Å². The Morgan fingerprint density at radius 1 is 1.26 bits per heavy atom. The van der Waals surface area contributed by atoms with Crippen LogP contribution in [0.5, 0.6) is 0 Å². The molecule has 1 rings (SSSR count). The summed E-state index contributed by atoms with van der Waals surface area (Å²) in [6.07, 6.45) is 4.45. The largest absolute Gasteiger partial charge is 0.344 e. The summed E-state index contributed by atoms with van der Waals surface area (Å²) >= 11 is 0. The molecule has 2 atom stereocenters. The second kappa shape index (κ2) is 7.51. The van der Waals surface area contributed by atoms with Gasteiger partial charge in [-0.05, 0) is 25.7 Å². The number of carbonyl (C=O) groups excluding carboxylic acids is 2. The minimum absolute atomic E-state index is 0.00270. The Balaban J connectivity index is 2.58. The van der Waals surface area contributed by atoms with Crippen LogP contribution < -0.4 is 5.32 Å².